The summed E-state index contributed by atoms with van der Waals surface area (Å²) in [6.45, 7) is 1.94. The Morgan fingerprint density at radius 1 is 1.29 bits per heavy atom. The zero-order chi connectivity index (χ0) is 17.4. The van der Waals surface area contributed by atoms with E-state index in [-0.39, 0.29) is 18.7 Å². The highest BCUT2D eigenvalue weighted by molar-refractivity contribution is 5.74. The minimum absolute atomic E-state index is 0.106. The number of nitrogens with zero attached hydrogens (tertiary/aromatic N) is 1. The molecular formula is C17H21N3O4. The molecule has 2 aromatic rings. The predicted octanol–water partition coefficient (Wildman–Crippen LogP) is 2.06. The van der Waals surface area contributed by atoms with Crippen molar-refractivity contribution in [2.75, 3.05) is 13.7 Å². The maximum Gasteiger partial charge on any atom is 0.315 e. The molecule has 0 aliphatic heterocycles. The molecular weight excluding hydrogens is 310 g/mol. The molecule has 0 radical (unpaired) electrons. The zero-order valence-electron chi connectivity index (χ0n) is 13.7. The van der Waals surface area contributed by atoms with Gasteiger partial charge in [-0.3, -0.25) is 0 Å². The molecule has 1 aromatic carbocycles. The first-order valence-electron chi connectivity index (χ1n) is 7.52. The average molecular weight is 331 g/mol. The van der Waals surface area contributed by atoms with Gasteiger partial charge in [0.15, 0.2) is 0 Å². The molecule has 1 aromatic heterocycles. The summed E-state index contributed by atoms with van der Waals surface area (Å²) in [6.07, 6.45) is 1.63. The lowest BCUT2D eigenvalue weighted by molar-refractivity contribution is 0.220. The largest absolute Gasteiger partial charge is 0.497 e. The van der Waals surface area contributed by atoms with Crippen LogP contribution in [0.1, 0.15) is 12.5 Å². The minimum atomic E-state index is -0.340. The molecule has 0 saturated heterocycles. The molecule has 0 aliphatic rings. The second-order valence-electron chi connectivity index (χ2n) is 5.20. The van der Waals surface area contributed by atoms with E-state index < -0.39 is 0 Å². The van der Waals surface area contributed by atoms with Gasteiger partial charge in [0, 0.05) is 24.9 Å². The fraction of sp³-hybridized carbons (Fsp3) is 0.294. The fourth-order valence-corrected chi connectivity index (χ4v) is 1.86. The Kier molecular flexibility index (Phi) is 6.39. The molecule has 0 spiro atoms. The van der Waals surface area contributed by atoms with Crippen LogP contribution < -0.4 is 20.1 Å². The Hall–Kier alpha value is -2.80. The van der Waals surface area contributed by atoms with Gasteiger partial charge < -0.3 is 25.2 Å². The molecule has 3 N–H and O–H groups in total. The van der Waals surface area contributed by atoms with Gasteiger partial charge in [-0.25, -0.2) is 9.78 Å². The Labute approximate surface area is 140 Å². The molecule has 7 heteroatoms. The molecule has 1 heterocycles. The summed E-state index contributed by atoms with van der Waals surface area (Å²) >= 11 is 0. The molecule has 24 heavy (non-hydrogen) atoms. The first kappa shape index (κ1) is 17.6. The van der Waals surface area contributed by atoms with Crippen molar-refractivity contribution in [3.8, 4) is 17.4 Å². The Bertz CT molecular complexity index is 661. The maximum absolute atomic E-state index is 11.6. The van der Waals surface area contributed by atoms with Crippen molar-refractivity contribution in [1.82, 2.24) is 15.6 Å². The van der Waals surface area contributed by atoms with Gasteiger partial charge >= 0.3 is 6.03 Å². The molecule has 0 saturated carbocycles. The predicted molar refractivity (Wildman–Crippen MR) is 89.2 cm³/mol. The van der Waals surface area contributed by atoms with Crippen LogP contribution >= 0.6 is 0 Å². The normalized spacial score (nSPS) is 11.5. The number of hydrogen-bond donors (Lipinski definition) is 3. The van der Waals surface area contributed by atoms with E-state index in [4.69, 9.17) is 14.6 Å². The third-order valence-corrected chi connectivity index (χ3v) is 3.17. The first-order chi connectivity index (χ1) is 11.6. The number of aliphatic hydroxyl groups excluding tert-OH is 1. The van der Waals surface area contributed by atoms with Crippen LogP contribution in [0, 0.1) is 0 Å². The number of methoxy groups -OCH3 is 1. The fourth-order valence-electron chi connectivity index (χ4n) is 1.86. The number of pyridine rings is 1. The number of benzene rings is 1. The first-order valence-corrected chi connectivity index (χ1v) is 7.52. The molecule has 128 valence electrons. The second kappa shape index (κ2) is 8.73. The van der Waals surface area contributed by atoms with Crippen LogP contribution in [0.25, 0.3) is 0 Å². The third-order valence-electron chi connectivity index (χ3n) is 3.17. The summed E-state index contributed by atoms with van der Waals surface area (Å²) < 4.78 is 10.8. The van der Waals surface area contributed by atoms with Gasteiger partial charge in [-0.15, -0.1) is 0 Å². The lowest BCUT2D eigenvalue weighted by Crippen LogP contribution is -2.41. The highest BCUT2D eigenvalue weighted by Crippen LogP contribution is 2.23. The van der Waals surface area contributed by atoms with Crippen LogP contribution in [0.5, 0.6) is 17.4 Å². The van der Waals surface area contributed by atoms with Gasteiger partial charge in [-0.1, -0.05) is 12.1 Å². The van der Waals surface area contributed by atoms with Crippen molar-refractivity contribution in [3.05, 3.63) is 48.2 Å². The molecule has 0 aliphatic carbocycles. The van der Waals surface area contributed by atoms with E-state index in [1.54, 1.807) is 32.4 Å². The number of aromatic nitrogens is 1. The van der Waals surface area contributed by atoms with E-state index in [1.807, 2.05) is 24.3 Å². The molecule has 2 amide bonds. The summed E-state index contributed by atoms with van der Waals surface area (Å²) in [5.74, 6) is 1.78. The van der Waals surface area contributed by atoms with Gasteiger partial charge in [-0.05, 0) is 24.6 Å². The van der Waals surface area contributed by atoms with E-state index in [0.717, 1.165) is 5.56 Å². The summed E-state index contributed by atoms with van der Waals surface area (Å²) in [5, 5.41) is 14.2. The van der Waals surface area contributed by atoms with Crippen LogP contribution in [-0.2, 0) is 6.54 Å². The zero-order valence-corrected chi connectivity index (χ0v) is 13.7. The Morgan fingerprint density at radius 2 is 2.08 bits per heavy atom. The quantitative estimate of drug-likeness (QED) is 0.722. The molecule has 7 nitrogen and oxygen atoms in total. The average Bonchev–Trinajstić information content (AvgIpc) is 2.61. The van der Waals surface area contributed by atoms with Crippen molar-refractivity contribution in [3.63, 3.8) is 0 Å². The maximum atomic E-state index is 11.6. The van der Waals surface area contributed by atoms with Crippen LogP contribution in [0.3, 0.4) is 0 Å². The number of carbonyl (C=O) groups is 1. The van der Waals surface area contributed by atoms with Crippen LogP contribution in [0.2, 0.25) is 0 Å². The Balaban J connectivity index is 1.87. The van der Waals surface area contributed by atoms with E-state index in [1.165, 1.54) is 0 Å². The molecule has 1 atom stereocenters. The molecule has 0 bridgehead atoms. The van der Waals surface area contributed by atoms with Gasteiger partial charge in [0.05, 0.1) is 19.8 Å². The van der Waals surface area contributed by atoms with Gasteiger partial charge in [-0.2, -0.15) is 0 Å². The topological polar surface area (TPSA) is 92.7 Å². The van der Waals surface area contributed by atoms with Gasteiger partial charge in [0.1, 0.15) is 11.5 Å². The van der Waals surface area contributed by atoms with E-state index in [2.05, 4.69) is 15.6 Å². The molecule has 2 rings (SSSR count). The SMILES string of the molecule is COc1cccc(Oc2ccc(CNC(=O)N[C@H](C)CO)cn2)c1. The number of ether oxygens (including phenoxy) is 2. The van der Waals surface area contributed by atoms with E-state index in [9.17, 15) is 4.79 Å². The van der Waals surface area contributed by atoms with E-state index >= 15 is 0 Å². The van der Waals surface area contributed by atoms with Crippen molar-refractivity contribution in [2.24, 2.45) is 0 Å². The summed E-state index contributed by atoms with van der Waals surface area (Å²) in [5.41, 5.74) is 0.833. The van der Waals surface area contributed by atoms with Crippen LogP contribution in [0.4, 0.5) is 4.79 Å². The lowest BCUT2D eigenvalue weighted by Gasteiger charge is -2.12. The van der Waals surface area contributed by atoms with Crippen molar-refractivity contribution in [1.29, 1.82) is 0 Å². The van der Waals surface area contributed by atoms with Gasteiger partial charge in [0.2, 0.25) is 5.88 Å². The number of amides is 2. The number of nitrogens with one attached hydrogen (secondary N) is 2. The number of carbonyl (C=O) groups excluding carboxylic acids is 1. The smallest absolute Gasteiger partial charge is 0.315 e. The van der Waals surface area contributed by atoms with Crippen molar-refractivity contribution >= 4 is 6.03 Å². The lowest BCUT2D eigenvalue weighted by atomic mass is 10.3. The second-order valence-corrected chi connectivity index (χ2v) is 5.20. The van der Waals surface area contributed by atoms with Crippen LogP contribution in [-0.4, -0.2) is 35.9 Å². The third kappa shape index (κ3) is 5.44. The number of aliphatic hydroxyl groups is 1. The summed E-state index contributed by atoms with van der Waals surface area (Å²) in [7, 11) is 1.59. The molecule has 0 fully saturated rings. The van der Waals surface area contributed by atoms with Crippen LogP contribution in [0.15, 0.2) is 42.6 Å². The number of urea groups is 1. The number of rotatable bonds is 7. The minimum Gasteiger partial charge on any atom is -0.497 e. The highest BCUT2D eigenvalue weighted by Gasteiger charge is 2.06. The van der Waals surface area contributed by atoms with E-state index in [0.29, 0.717) is 23.9 Å². The monoisotopic (exact) mass is 331 g/mol. The Morgan fingerprint density at radius 3 is 2.75 bits per heavy atom. The highest BCUT2D eigenvalue weighted by atomic mass is 16.5. The van der Waals surface area contributed by atoms with Gasteiger partial charge in [0.25, 0.3) is 0 Å². The summed E-state index contributed by atoms with van der Waals surface area (Å²) in [4.78, 5) is 15.8. The standard InChI is InChI=1S/C17H21N3O4/c1-12(11-21)20-17(22)19-10-13-6-7-16(18-9-13)24-15-5-3-4-14(8-15)23-2/h3-9,12,21H,10-11H2,1-2H3,(H2,19,20,22)/t12-/m1/s1. The summed E-state index contributed by atoms with van der Waals surface area (Å²) in [6, 6.07) is 10.2. The molecule has 0 unspecified atom stereocenters. The van der Waals surface area contributed by atoms with Crippen molar-refractivity contribution < 1.29 is 19.4 Å². The number of hydrogen-bond acceptors (Lipinski definition) is 5. The van der Waals surface area contributed by atoms with Crippen molar-refractivity contribution in [2.45, 2.75) is 19.5 Å².